The molecule has 0 aliphatic heterocycles. The number of hydrogen-bond acceptors (Lipinski definition) is 3. The molecule has 0 atom stereocenters. The lowest BCUT2D eigenvalue weighted by molar-refractivity contribution is 0.607. The van der Waals surface area contributed by atoms with Crippen LogP contribution in [0, 0.1) is 6.92 Å². The van der Waals surface area contributed by atoms with Crippen LogP contribution in [0.1, 0.15) is 30.0 Å². The van der Waals surface area contributed by atoms with Gasteiger partial charge in [-0.1, -0.05) is 0 Å². The van der Waals surface area contributed by atoms with Gasteiger partial charge in [-0.25, -0.2) is 4.98 Å². The fourth-order valence-electron chi connectivity index (χ4n) is 1.28. The molecule has 3 heteroatoms. The standard InChI is InChI=1S/C9H14N2S/c1-7-6-12-8(11-7)2-3-9(10)4-5-9/h6H,2-5,10H2,1H3. The monoisotopic (exact) mass is 182 g/mol. The Morgan fingerprint density at radius 1 is 1.67 bits per heavy atom. The minimum atomic E-state index is 0.180. The van der Waals surface area contributed by atoms with Crippen molar-refractivity contribution in [2.45, 2.75) is 38.1 Å². The maximum atomic E-state index is 5.98. The minimum Gasteiger partial charge on any atom is -0.325 e. The number of hydrogen-bond donors (Lipinski definition) is 1. The smallest absolute Gasteiger partial charge is 0.0928 e. The van der Waals surface area contributed by atoms with Crippen molar-refractivity contribution in [2.24, 2.45) is 5.73 Å². The van der Waals surface area contributed by atoms with E-state index in [-0.39, 0.29) is 5.54 Å². The molecule has 0 unspecified atom stereocenters. The Kier molecular flexibility index (Phi) is 1.93. The molecule has 0 saturated heterocycles. The Morgan fingerprint density at radius 3 is 2.92 bits per heavy atom. The fourth-order valence-corrected chi connectivity index (χ4v) is 2.06. The largest absolute Gasteiger partial charge is 0.325 e. The van der Waals surface area contributed by atoms with Crippen LogP contribution in [0.25, 0.3) is 0 Å². The Bertz CT molecular complexity index is 276. The maximum absolute atomic E-state index is 5.98. The number of aromatic nitrogens is 1. The van der Waals surface area contributed by atoms with Gasteiger partial charge >= 0.3 is 0 Å². The normalized spacial score (nSPS) is 19.5. The molecule has 0 radical (unpaired) electrons. The molecular weight excluding hydrogens is 168 g/mol. The van der Waals surface area contributed by atoms with Crippen LogP contribution < -0.4 is 5.73 Å². The highest BCUT2D eigenvalue weighted by atomic mass is 32.1. The molecule has 0 aromatic carbocycles. The molecular formula is C9H14N2S. The molecule has 1 aromatic heterocycles. The van der Waals surface area contributed by atoms with Crippen LogP contribution in [-0.4, -0.2) is 10.5 Å². The molecule has 1 saturated carbocycles. The van der Waals surface area contributed by atoms with E-state index in [1.54, 1.807) is 11.3 Å². The summed E-state index contributed by atoms with van der Waals surface area (Å²) in [4.78, 5) is 4.40. The average Bonchev–Trinajstić information content (AvgIpc) is 2.60. The van der Waals surface area contributed by atoms with Crippen LogP contribution in [0.5, 0.6) is 0 Å². The van der Waals surface area contributed by atoms with Crippen molar-refractivity contribution in [3.05, 3.63) is 16.1 Å². The van der Waals surface area contributed by atoms with Gasteiger partial charge < -0.3 is 5.73 Å². The molecule has 2 N–H and O–H groups in total. The van der Waals surface area contributed by atoms with Crippen LogP contribution in [0.2, 0.25) is 0 Å². The summed E-state index contributed by atoms with van der Waals surface area (Å²) in [5, 5.41) is 3.34. The Morgan fingerprint density at radius 2 is 2.42 bits per heavy atom. The topological polar surface area (TPSA) is 38.9 Å². The summed E-state index contributed by atoms with van der Waals surface area (Å²) < 4.78 is 0. The fraction of sp³-hybridized carbons (Fsp3) is 0.667. The van der Waals surface area contributed by atoms with Crippen molar-refractivity contribution in [1.29, 1.82) is 0 Å². The van der Waals surface area contributed by atoms with Crippen LogP contribution in [-0.2, 0) is 6.42 Å². The number of nitrogens with zero attached hydrogens (tertiary/aromatic N) is 1. The van der Waals surface area contributed by atoms with Crippen LogP contribution in [0.15, 0.2) is 5.38 Å². The molecule has 2 rings (SSSR count). The lowest BCUT2D eigenvalue weighted by Gasteiger charge is -2.04. The minimum absolute atomic E-state index is 0.180. The van der Waals surface area contributed by atoms with E-state index >= 15 is 0 Å². The summed E-state index contributed by atoms with van der Waals surface area (Å²) >= 11 is 1.75. The van der Waals surface area contributed by atoms with Crippen molar-refractivity contribution in [2.75, 3.05) is 0 Å². The lowest BCUT2D eigenvalue weighted by atomic mass is 10.1. The van der Waals surface area contributed by atoms with E-state index in [9.17, 15) is 0 Å². The summed E-state index contributed by atoms with van der Waals surface area (Å²) in [6, 6.07) is 0. The Balaban J connectivity index is 1.87. The van der Waals surface area contributed by atoms with E-state index in [0.29, 0.717) is 0 Å². The predicted octanol–water partition coefficient (Wildman–Crippen LogP) is 1.88. The number of rotatable bonds is 3. The van der Waals surface area contributed by atoms with Gasteiger partial charge in [-0.05, 0) is 26.2 Å². The van der Waals surface area contributed by atoms with Crippen LogP contribution in [0.3, 0.4) is 0 Å². The first kappa shape index (κ1) is 8.20. The highest BCUT2D eigenvalue weighted by Crippen LogP contribution is 2.36. The molecule has 1 heterocycles. The van der Waals surface area contributed by atoms with Gasteiger partial charge in [0.15, 0.2) is 0 Å². The van der Waals surface area contributed by atoms with E-state index < -0.39 is 0 Å². The molecule has 66 valence electrons. The van der Waals surface area contributed by atoms with Crippen LogP contribution in [0.4, 0.5) is 0 Å². The summed E-state index contributed by atoms with van der Waals surface area (Å²) in [6.07, 6.45) is 4.59. The van der Waals surface area contributed by atoms with Gasteiger partial charge in [-0.2, -0.15) is 0 Å². The van der Waals surface area contributed by atoms with Crippen molar-refractivity contribution in [1.82, 2.24) is 4.98 Å². The van der Waals surface area contributed by atoms with Gasteiger partial charge in [-0.3, -0.25) is 0 Å². The first-order valence-corrected chi connectivity index (χ1v) is 5.26. The summed E-state index contributed by atoms with van der Waals surface area (Å²) in [7, 11) is 0. The quantitative estimate of drug-likeness (QED) is 0.775. The Labute approximate surface area is 76.8 Å². The summed E-state index contributed by atoms with van der Waals surface area (Å²) in [6.45, 7) is 2.04. The van der Waals surface area contributed by atoms with Gasteiger partial charge in [0, 0.05) is 23.0 Å². The van der Waals surface area contributed by atoms with Gasteiger partial charge in [0.25, 0.3) is 0 Å². The molecule has 0 spiro atoms. The number of aryl methyl sites for hydroxylation is 2. The first-order valence-electron chi connectivity index (χ1n) is 4.38. The third-order valence-corrected chi connectivity index (χ3v) is 3.42. The molecule has 0 amide bonds. The zero-order valence-electron chi connectivity index (χ0n) is 7.34. The van der Waals surface area contributed by atoms with Crippen molar-refractivity contribution in [3.63, 3.8) is 0 Å². The van der Waals surface area contributed by atoms with Crippen molar-refractivity contribution >= 4 is 11.3 Å². The molecule has 2 nitrogen and oxygen atoms in total. The molecule has 1 aliphatic rings. The maximum Gasteiger partial charge on any atom is 0.0928 e. The number of nitrogens with two attached hydrogens (primary N) is 1. The SMILES string of the molecule is Cc1csc(CCC2(N)CC2)n1. The molecule has 1 fully saturated rings. The highest BCUT2D eigenvalue weighted by molar-refractivity contribution is 7.09. The summed E-state index contributed by atoms with van der Waals surface area (Å²) in [5.41, 5.74) is 7.29. The lowest BCUT2D eigenvalue weighted by Crippen LogP contribution is -2.21. The van der Waals surface area contributed by atoms with Gasteiger partial charge in [-0.15, -0.1) is 11.3 Å². The molecule has 12 heavy (non-hydrogen) atoms. The highest BCUT2D eigenvalue weighted by Gasteiger charge is 2.37. The van der Waals surface area contributed by atoms with E-state index in [0.717, 1.165) is 18.5 Å². The molecule has 1 aromatic rings. The van der Waals surface area contributed by atoms with Gasteiger partial charge in [0.2, 0.25) is 0 Å². The summed E-state index contributed by atoms with van der Waals surface area (Å²) in [5.74, 6) is 0. The van der Waals surface area contributed by atoms with Crippen molar-refractivity contribution < 1.29 is 0 Å². The van der Waals surface area contributed by atoms with Gasteiger partial charge in [0.1, 0.15) is 0 Å². The van der Waals surface area contributed by atoms with E-state index in [2.05, 4.69) is 10.4 Å². The second kappa shape index (κ2) is 2.82. The van der Waals surface area contributed by atoms with E-state index in [4.69, 9.17) is 5.73 Å². The molecule has 0 bridgehead atoms. The van der Waals surface area contributed by atoms with Crippen molar-refractivity contribution in [3.8, 4) is 0 Å². The van der Waals surface area contributed by atoms with Crippen LogP contribution >= 0.6 is 11.3 Å². The predicted molar refractivity (Wildman–Crippen MR) is 51.3 cm³/mol. The molecule has 1 aliphatic carbocycles. The zero-order chi connectivity index (χ0) is 8.60. The number of thiazole rings is 1. The zero-order valence-corrected chi connectivity index (χ0v) is 8.16. The van der Waals surface area contributed by atoms with E-state index in [1.807, 2.05) is 6.92 Å². The second-order valence-electron chi connectivity index (χ2n) is 3.74. The second-order valence-corrected chi connectivity index (χ2v) is 4.69. The van der Waals surface area contributed by atoms with E-state index in [1.165, 1.54) is 17.8 Å². The van der Waals surface area contributed by atoms with Gasteiger partial charge in [0.05, 0.1) is 5.01 Å². The third-order valence-electron chi connectivity index (χ3n) is 2.40. The Hall–Kier alpha value is -0.410. The average molecular weight is 182 g/mol. The third kappa shape index (κ3) is 1.84. The first-order chi connectivity index (χ1) is 5.68.